The van der Waals surface area contributed by atoms with Gasteiger partial charge < -0.3 is 0 Å². The van der Waals surface area contributed by atoms with E-state index in [1.54, 1.807) is 32.1 Å². The summed E-state index contributed by atoms with van der Waals surface area (Å²) in [5.41, 5.74) is 1.52. The highest BCUT2D eigenvalue weighted by molar-refractivity contribution is 9.10. The molecule has 4 aliphatic carbocycles. The molecule has 1 heteroatoms. The van der Waals surface area contributed by atoms with Gasteiger partial charge in [-0.1, -0.05) is 35.0 Å². The highest BCUT2D eigenvalue weighted by Crippen LogP contribution is 2.58. The van der Waals surface area contributed by atoms with E-state index in [4.69, 9.17) is 0 Å². The largest absolute Gasteiger partial charge is 0.0609 e. The lowest BCUT2D eigenvalue weighted by molar-refractivity contribution is -0.0416. The van der Waals surface area contributed by atoms with E-state index < -0.39 is 0 Å². The Morgan fingerprint density at radius 2 is 1.70 bits per heavy atom. The van der Waals surface area contributed by atoms with Crippen LogP contribution in [-0.2, 0) is 0 Å². The van der Waals surface area contributed by atoms with Crippen molar-refractivity contribution in [2.45, 2.75) is 51.4 Å². The van der Waals surface area contributed by atoms with Gasteiger partial charge in [-0.25, -0.2) is 0 Å². The summed E-state index contributed by atoms with van der Waals surface area (Å²) in [4.78, 5) is 0. The van der Waals surface area contributed by atoms with Gasteiger partial charge >= 0.3 is 0 Å². The van der Waals surface area contributed by atoms with Crippen molar-refractivity contribution in [1.29, 1.82) is 0 Å². The Kier molecular flexibility index (Phi) is 3.45. The molecule has 4 aliphatic rings. The van der Waals surface area contributed by atoms with E-state index in [2.05, 4.69) is 47.1 Å². The van der Waals surface area contributed by atoms with Gasteiger partial charge in [0, 0.05) is 4.47 Å². The van der Waals surface area contributed by atoms with Crippen molar-refractivity contribution in [3.63, 3.8) is 0 Å². The molecule has 4 bridgehead atoms. The van der Waals surface area contributed by atoms with Crippen molar-refractivity contribution in [2.75, 3.05) is 0 Å². The Morgan fingerprint density at radius 1 is 1.05 bits per heavy atom. The molecule has 0 nitrogen and oxygen atoms in total. The fourth-order valence-corrected chi connectivity index (χ4v) is 6.20. The zero-order valence-corrected chi connectivity index (χ0v) is 14.0. The van der Waals surface area contributed by atoms with Crippen LogP contribution < -0.4 is 0 Å². The van der Waals surface area contributed by atoms with E-state index in [0.29, 0.717) is 0 Å². The smallest absolute Gasteiger partial charge is 0.0178 e. The third kappa shape index (κ3) is 2.36. The maximum absolute atomic E-state index is 3.62. The van der Waals surface area contributed by atoms with E-state index in [0.717, 1.165) is 35.5 Å². The van der Waals surface area contributed by atoms with Gasteiger partial charge in [0.05, 0.1) is 0 Å². The molecule has 0 saturated heterocycles. The molecular formula is C19H25Br. The molecule has 4 fully saturated rings. The Balaban J connectivity index is 1.49. The van der Waals surface area contributed by atoms with Gasteiger partial charge in [-0.15, -0.1) is 0 Å². The minimum absolute atomic E-state index is 0.718. The minimum atomic E-state index is 0.718. The molecule has 0 heterocycles. The first kappa shape index (κ1) is 13.4. The van der Waals surface area contributed by atoms with Gasteiger partial charge in [0.2, 0.25) is 0 Å². The van der Waals surface area contributed by atoms with E-state index in [9.17, 15) is 0 Å². The van der Waals surface area contributed by atoms with Gasteiger partial charge in [-0.3, -0.25) is 0 Å². The van der Waals surface area contributed by atoms with Crippen LogP contribution in [0.25, 0.3) is 0 Å². The topological polar surface area (TPSA) is 0 Å². The molecule has 0 aromatic heterocycles. The minimum Gasteiger partial charge on any atom is -0.0609 e. The quantitative estimate of drug-likeness (QED) is 0.635. The molecule has 0 N–H and O–H groups in total. The SMILES string of the molecule is CC(CC1C2CC3CC(C2)CC1C3)c1cccc(Br)c1. The van der Waals surface area contributed by atoms with Crippen LogP contribution in [0.4, 0.5) is 0 Å². The lowest BCUT2D eigenvalue weighted by atomic mass is 9.50. The summed E-state index contributed by atoms with van der Waals surface area (Å²) in [6.07, 6.45) is 9.23. The second kappa shape index (κ2) is 5.16. The second-order valence-corrected chi connectivity index (χ2v) is 8.70. The van der Waals surface area contributed by atoms with Crippen molar-refractivity contribution >= 4 is 15.9 Å². The molecular weight excluding hydrogens is 308 g/mol. The highest BCUT2D eigenvalue weighted by Gasteiger charge is 2.48. The van der Waals surface area contributed by atoms with Crippen molar-refractivity contribution in [1.82, 2.24) is 0 Å². The summed E-state index contributed by atoms with van der Waals surface area (Å²) >= 11 is 3.62. The molecule has 0 radical (unpaired) electrons. The lowest BCUT2D eigenvalue weighted by Gasteiger charge is -2.55. The number of rotatable bonds is 3. The lowest BCUT2D eigenvalue weighted by Crippen LogP contribution is -2.45. The number of hydrogen-bond donors (Lipinski definition) is 0. The van der Waals surface area contributed by atoms with Gasteiger partial charge in [0.1, 0.15) is 0 Å². The maximum Gasteiger partial charge on any atom is 0.0178 e. The monoisotopic (exact) mass is 332 g/mol. The molecule has 108 valence electrons. The molecule has 1 aromatic rings. The molecule has 20 heavy (non-hydrogen) atoms. The molecule has 1 unspecified atom stereocenters. The third-order valence-electron chi connectivity index (χ3n) is 6.47. The Bertz CT molecular complexity index is 464. The summed E-state index contributed by atoms with van der Waals surface area (Å²) in [6, 6.07) is 8.96. The first-order valence-corrected chi connectivity index (χ1v) is 9.24. The van der Waals surface area contributed by atoms with E-state index in [1.807, 2.05) is 0 Å². The van der Waals surface area contributed by atoms with Crippen LogP contribution in [-0.4, -0.2) is 0 Å². The molecule has 0 spiro atoms. The predicted octanol–water partition coefficient (Wildman–Crippen LogP) is 6.02. The number of hydrogen-bond acceptors (Lipinski definition) is 0. The van der Waals surface area contributed by atoms with Crippen LogP contribution in [0.15, 0.2) is 28.7 Å². The molecule has 4 saturated carbocycles. The van der Waals surface area contributed by atoms with Crippen LogP contribution in [0.5, 0.6) is 0 Å². The molecule has 0 aliphatic heterocycles. The van der Waals surface area contributed by atoms with E-state index >= 15 is 0 Å². The molecule has 5 rings (SSSR count). The van der Waals surface area contributed by atoms with Gasteiger partial charge in [-0.05, 0) is 91.7 Å². The normalized spacial score (nSPS) is 40.0. The van der Waals surface area contributed by atoms with E-state index in [1.165, 1.54) is 16.5 Å². The van der Waals surface area contributed by atoms with Crippen molar-refractivity contribution < 1.29 is 0 Å². The summed E-state index contributed by atoms with van der Waals surface area (Å²) in [5, 5.41) is 0. The first-order chi connectivity index (χ1) is 9.69. The van der Waals surface area contributed by atoms with Crippen molar-refractivity contribution in [3.8, 4) is 0 Å². The Labute approximate surface area is 131 Å². The predicted molar refractivity (Wildman–Crippen MR) is 87.7 cm³/mol. The van der Waals surface area contributed by atoms with Crippen LogP contribution >= 0.6 is 15.9 Å². The molecule has 1 atom stereocenters. The number of halogens is 1. The Hall–Kier alpha value is -0.300. The number of benzene rings is 1. The Morgan fingerprint density at radius 3 is 2.30 bits per heavy atom. The van der Waals surface area contributed by atoms with Crippen molar-refractivity contribution in [3.05, 3.63) is 34.3 Å². The second-order valence-electron chi connectivity index (χ2n) is 7.79. The summed E-state index contributed by atoms with van der Waals surface area (Å²) < 4.78 is 1.23. The summed E-state index contributed by atoms with van der Waals surface area (Å²) in [5.74, 6) is 6.10. The first-order valence-electron chi connectivity index (χ1n) is 8.44. The fraction of sp³-hybridized carbons (Fsp3) is 0.684. The van der Waals surface area contributed by atoms with Gasteiger partial charge in [0.25, 0.3) is 0 Å². The van der Waals surface area contributed by atoms with Gasteiger partial charge in [0.15, 0.2) is 0 Å². The molecule has 0 amide bonds. The van der Waals surface area contributed by atoms with Crippen molar-refractivity contribution in [2.24, 2.45) is 29.6 Å². The van der Waals surface area contributed by atoms with Crippen LogP contribution in [0.1, 0.15) is 56.9 Å². The third-order valence-corrected chi connectivity index (χ3v) is 6.96. The van der Waals surface area contributed by atoms with Gasteiger partial charge in [-0.2, -0.15) is 0 Å². The summed E-state index contributed by atoms with van der Waals surface area (Å²) in [7, 11) is 0. The van der Waals surface area contributed by atoms with Crippen LogP contribution in [0.3, 0.4) is 0 Å². The summed E-state index contributed by atoms with van der Waals surface area (Å²) in [6.45, 7) is 2.44. The van der Waals surface area contributed by atoms with Crippen LogP contribution in [0, 0.1) is 29.6 Å². The van der Waals surface area contributed by atoms with Crippen LogP contribution in [0.2, 0.25) is 0 Å². The fourth-order valence-electron chi connectivity index (χ4n) is 5.78. The maximum atomic E-state index is 3.62. The average Bonchev–Trinajstić information content (AvgIpc) is 2.42. The zero-order valence-electron chi connectivity index (χ0n) is 12.4. The van der Waals surface area contributed by atoms with E-state index in [-0.39, 0.29) is 0 Å². The standard InChI is InChI=1S/C19H25Br/c1-12(15-3-2-4-18(20)11-15)5-19-16-7-13-6-14(9-16)10-17(19)8-13/h2-4,11-14,16-17,19H,5-10H2,1H3. The molecule has 1 aromatic carbocycles. The highest BCUT2D eigenvalue weighted by atomic mass is 79.9. The average molecular weight is 333 g/mol. The zero-order chi connectivity index (χ0) is 13.7.